The molecular formula is C14H22N2O. The number of nitrogens with two attached hydrogens (primary N) is 1. The Morgan fingerprint density at radius 2 is 2.35 bits per heavy atom. The summed E-state index contributed by atoms with van der Waals surface area (Å²) in [5, 5.41) is 3.38. The van der Waals surface area contributed by atoms with Crippen LogP contribution in [0.25, 0.3) is 0 Å². The molecule has 1 aromatic rings. The van der Waals surface area contributed by atoms with E-state index in [1.54, 1.807) is 7.11 Å². The molecule has 1 saturated heterocycles. The fourth-order valence-electron chi connectivity index (χ4n) is 2.55. The van der Waals surface area contributed by atoms with Crippen LogP contribution in [0.15, 0.2) is 18.2 Å². The third-order valence-corrected chi connectivity index (χ3v) is 3.53. The fraction of sp³-hybridized carbons (Fsp3) is 0.571. The summed E-state index contributed by atoms with van der Waals surface area (Å²) in [4.78, 5) is 0. The topological polar surface area (TPSA) is 47.3 Å². The zero-order valence-electron chi connectivity index (χ0n) is 10.7. The van der Waals surface area contributed by atoms with Gasteiger partial charge >= 0.3 is 0 Å². The van der Waals surface area contributed by atoms with E-state index in [0.717, 1.165) is 30.8 Å². The van der Waals surface area contributed by atoms with Crippen molar-refractivity contribution in [1.29, 1.82) is 0 Å². The van der Waals surface area contributed by atoms with Crippen molar-refractivity contribution in [1.82, 2.24) is 5.32 Å². The molecule has 2 rings (SSSR count). The van der Waals surface area contributed by atoms with E-state index in [1.165, 1.54) is 12.0 Å². The molecule has 1 aromatic carbocycles. The fourth-order valence-corrected chi connectivity index (χ4v) is 2.55. The summed E-state index contributed by atoms with van der Waals surface area (Å²) >= 11 is 0. The molecule has 1 aliphatic heterocycles. The van der Waals surface area contributed by atoms with Crippen molar-refractivity contribution in [3.8, 4) is 5.75 Å². The minimum atomic E-state index is 0.0785. The number of ether oxygens (including phenoxy) is 1. The summed E-state index contributed by atoms with van der Waals surface area (Å²) in [6.45, 7) is 4.32. The van der Waals surface area contributed by atoms with E-state index in [1.807, 2.05) is 6.07 Å². The Labute approximate surface area is 103 Å². The molecule has 0 bridgehead atoms. The van der Waals surface area contributed by atoms with Crippen LogP contribution in [-0.2, 0) is 0 Å². The maximum Gasteiger partial charge on any atom is 0.123 e. The number of hydrogen-bond donors (Lipinski definition) is 2. The first-order valence-electron chi connectivity index (χ1n) is 6.31. The van der Waals surface area contributed by atoms with Crippen LogP contribution in [0.2, 0.25) is 0 Å². The number of rotatable bonds is 4. The first-order valence-corrected chi connectivity index (χ1v) is 6.31. The van der Waals surface area contributed by atoms with Crippen molar-refractivity contribution in [2.45, 2.75) is 25.8 Å². The molecule has 0 spiro atoms. The third-order valence-electron chi connectivity index (χ3n) is 3.53. The van der Waals surface area contributed by atoms with Gasteiger partial charge in [0.1, 0.15) is 5.75 Å². The molecule has 17 heavy (non-hydrogen) atoms. The molecule has 1 aliphatic rings. The van der Waals surface area contributed by atoms with Crippen LogP contribution in [0.4, 0.5) is 0 Å². The van der Waals surface area contributed by atoms with E-state index in [0.29, 0.717) is 5.92 Å². The minimum absolute atomic E-state index is 0.0785. The van der Waals surface area contributed by atoms with Crippen LogP contribution in [-0.4, -0.2) is 20.2 Å². The van der Waals surface area contributed by atoms with Crippen LogP contribution in [0.3, 0.4) is 0 Å². The smallest absolute Gasteiger partial charge is 0.123 e. The van der Waals surface area contributed by atoms with E-state index >= 15 is 0 Å². The van der Waals surface area contributed by atoms with E-state index in [4.69, 9.17) is 10.5 Å². The van der Waals surface area contributed by atoms with Gasteiger partial charge < -0.3 is 15.8 Å². The van der Waals surface area contributed by atoms with Gasteiger partial charge in [0, 0.05) is 11.6 Å². The molecule has 0 saturated carbocycles. The van der Waals surface area contributed by atoms with Crippen molar-refractivity contribution in [3.05, 3.63) is 29.3 Å². The Morgan fingerprint density at radius 1 is 1.53 bits per heavy atom. The molecule has 1 fully saturated rings. The monoisotopic (exact) mass is 234 g/mol. The summed E-state index contributed by atoms with van der Waals surface area (Å²) in [5.41, 5.74) is 8.69. The van der Waals surface area contributed by atoms with Gasteiger partial charge in [-0.15, -0.1) is 0 Å². The molecule has 1 heterocycles. The second-order valence-corrected chi connectivity index (χ2v) is 4.95. The summed E-state index contributed by atoms with van der Waals surface area (Å²) < 4.78 is 5.39. The van der Waals surface area contributed by atoms with Crippen molar-refractivity contribution >= 4 is 0 Å². The Kier molecular flexibility index (Phi) is 4.02. The Morgan fingerprint density at radius 3 is 3.00 bits per heavy atom. The van der Waals surface area contributed by atoms with Gasteiger partial charge in [0.2, 0.25) is 0 Å². The van der Waals surface area contributed by atoms with Crippen molar-refractivity contribution < 1.29 is 4.74 Å². The molecular weight excluding hydrogens is 212 g/mol. The van der Waals surface area contributed by atoms with Gasteiger partial charge in [0.15, 0.2) is 0 Å². The zero-order valence-corrected chi connectivity index (χ0v) is 10.7. The highest BCUT2D eigenvalue weighted by atomic mass is 16.5. The second-order valence-electron chi connectivity index (χ2n) is 4.95. The lowest BCUT2D eigenvalue weighted by atomic mass is 9.93. The van der Waals surface area contributed by atoms with Gasteiger partial charge in [0.25, 0.3) is 0 Å². The van der Waals surface area contributed by atoms with Gasteiger partial charge in [-0.25, -0.2) is 0 Å². The van der Waals surface area contributed by atoms with E-state index < -0.39 is 0 Å². The largest absolute Gasteiger partial charge is 0.496 e. The van der Waals surface area contributed by atoms with Gasteiger partial charge in [-0.1, -0.05) is 17.7 Å². The van der Waals surface area contributed by atoms with Crippen LogP contribution in [0.1, 0.15) is 30.0 Å². The lowest BCUT2D eigenvalue weighted by Crippen LogP contribution is -2.18. The summed E-state index contributed by atoms with van der Waals surface area (Å²) in [6.07, 6.45) is 2.27. The van der Waals surface area contributed by atoms with Gasteiger partial charge in [-0.05, 0) is 44.8 Å². The molecule has 0 radical (unpaired) electrons. The normalized spacial score (nSPS) is 21.5. The molecule has 3 N–H and O–H groups in total. The maximum atomic E-state index is 6.31. The van der Waals surface area contributed by atoms with Gasteiger partial charge in [-0.2, -0.15) is 0 Å². The van der Waals surface area contributed by atoms with Crippen LogP contribution >= 0.6 is 0 Å². The molecule has 0 amide bonds. The summed E-state index contributed by atoms with van der Waals surface area (Å²) in [6, 6.07) is 6.30. The molecule has 94 valence electrons. The standard InChI is InChI=1S/C14H22N2O/c1-10-3-4-14(17-2)12(7-10)13(15)8-11-5-6-16-9-11/h3-4,7,11,13,16H,5-6,8-9,15H2,1-2H3. The highest BCUT2D eigenvalue weighted by Crippen LogP contribution is 2.30. The average Bonchev–Trinajstić information content (AvgIpc) is 2.81. The zero-order chi connectivity index (χ0) is 12.3. The van der Waals surface area contributed by atoms with Gasteiger partial charge in [0.05, 0.1) is 7.11 Å². The molecule has 0 aliphatic carbocycles. The molecule has 3 nitrogen and oxygen atoms in total. The Hall–Kier alpha value is -1.06. The highest BCUT2D eigenvalue weighted by molar-refractivity contribution is 5.39. The number of hydrogen-bond acceptors (Lipinski definition) is 3. The molecule has 0 aromatic heterocycles. The van der Waals surface area contributed by atoms with Crippen molar-refractivity contribution in [2.75, 3.05) is 20.2 Å². The first kappa shape index (κ1) is 12.4. The lowest BCUT2D eigenvalue weighted by molar-refractivity contribution is 0.396. The van der Waals surface area contributed by atoms with E-state index in [-0.39, 0.29) is 6.04 Å². The minimum Gasteiger partial charge on any atom is -0.496 e. The maximum absolute atomic E-state index is 6.31. The number of nitrogens with one attached hydrogen (secondary N) is 1. The summed E-state index contributed by atoms with van der Waals surface area (Å²) in [7, 11) is 1.71. The molecule has 3 heteroatoms. The van der Waals surface area contributed by atoms with E-state index in [9.17, 15) is 0 Å². The number of aryl methyl sites for hydroxylation is 1. The molecule has 2 unspecified atom stereocenters. The predicted molar refractivity (Wildman–Crippen MR) is 70.3 cm³/mol. The van der Waals surface area contributed by atoms with Crippen LogP contribution < -0.4 is 15.8 Å². The van der Waals surface area contributed by atoms with Crippen molar-refractivity contribution in [2.24, 2.45) is 11.7 Å². The summed E-state index contributed by atoms with van der Waals surface area (Å²) in [5.74, 6) is 1.62. The van der Waals surface area contributed by atoms with Crippen LogP contribution in [0.5, 0.6) is 5.75 Å². The van der Waals surface area contributed by atoms with E-state index in [2.05, 4.69) is 24.4 Å². The second kappa shape index (κ2) is 5.52. The first-order chi connectivity index (χ1) is 8.20. The quantitative estimate of drug-likeness (QED) is 0.837. The lowest BCUT2D eigenvalue weighted by Gasteiger charge is -2.19. The van der Waals surface area contributed by atoms with Crippen molar-refractivity contribution in [3.63, 3.8) is 0 Å². The predicted octanol–water partition coefficient (Wildman–Crippen LogP) is 2.00. The highest BCUT2D eigenvalue weighted by Gasteiger charge is 2.20. The Balaban J connectivity index is 2.11. The van der Waals surface area contributed by atoms with Crippen LogP contribution in [0, 0.1) is 12.8 Å². The third kappa shape index (κ3) is 2.99. The Bertz CT molecular complexity index is 372. The number of benzene rings is 1. The average molecular weight is 234 g/mol. The van der Waals surface area contributed by atoms with Gasteiger partial charge in [-0.3, -0.25) is 0 Å². The number of methoxy groups -OCH3 is 1. The molecule has 2 atom stereocenters. The SMILES string of the molecule is COc1ccc(C)cc1C(N)CC1CCNC1.